The summed E-state index contributed by atoms with van der Waals surface area (Å²) in [6.45, 7) is 1.95. The van der Waals surface area contributed by atoms with Gasteiger partial charge in [0.15, 0.2) is 0 Å². The molecule has 0 aliphatic heterocycles. The van der Waals surface area contributed by atoms with Crippen molar-refractivity contribution in [3.05, 3.63) is 29.3 Å². The van der Waals surface area contributed by atoms with Crippen molar-refractivity contribution in [3.63, 3.8) is 0 Å². The highest BCUT2D eigenvalue weighted by Crippen LogP contribution is 2.36. The third kappa shape index (κ3) is 3.12. The van der Waals surface area contributed by atoms with Crippen molar-refractivity contribution >= 4 is 11.6 Å². The Bertz CT molecular complexity index is 533. The van der Waals surface area contributed by atoms with E-state index in [1.165, 1.54) is 0 Å². The van der Waals surface area contributed by atoms with Gasteiger partial charge in [-0.05, 0) is 43.9 Å². The van der Waals surface area contributed by atoms with Gasteiger partial charge in [-0.1, -0.05) is 6.92 Å². The van der Waals surface area contributed by atoms with Gasteiger partial charge in [-0.15, -0.1) is 0 Å². The van der Waals surface area contributed by atoms with Crippen LogP contribution in [-0.4, -0.2) is 11.4 Å². The monoisotopic (exact) mass is 301 g/mol. The Hall–Kier alpha value is -1.76. The van der Waals surface area contributed by atoms with Crippen LogP contribution in [0.3, 0.4) is 0 Å². The van der Waals surface area contributed by atoms with Gasteiger partial charge in [0.1, 0.15) is 0 Å². The maximum Gasteiger partial charge on any atom is 0.416 e. The van der Waals surface area contributed by atoms with Gasteiger partial charge < -0.3 is 10.7 Å². The lowest BCUT2D eigenvalue weighted by Crippen LogP contribution is -2.53. The lowest BCUT2D eigenvalue weighted by Gasteiger charge is -2.42. The van der Waals surface area contributed by atoms with Gasteiger partial charge in [0.2, 0.25) is 0 Å². The first-order valence-electron chi connectivity index (χ1n) is 6.82. The molecule has 2 rings (SSSR count). The van der Waals surface area contributed by atoms with E-state index < -0.39 is 17.6 Å². The molecule has 0 bridgehead atoms. The summed E-state index contributed by atoms with van der Waals surface area (Å²) in [5.41, 5.74) is 1.18. The summed E-state index contributed by atoms with van der Waals surface area (Å²) < 4.78 is 38.3. The highest BCUT2D eigenvalue weighted by molar-refractivity contribution is 6.00. The highest BCUT2D eigenvalue weighted by Gasteiger charge is 2.37. The van der Waals surface area contributed by atoms with Crippen LogP contribution in [0.15, 0.2) is 18.2 Å². The number of nitrogens with one attached hydrogen (secondary N) is 2. The molecule has 21 heavy (non-hydrogen) atoms. The van der Waals surface area contributed by atoms with E-state index in [0.717, 1.165) is 43.9 Å². The molecule has 1 fully saturated rings. The highest BCUT2D eigenvalue weighted by atomic mass is 19.4. The van der Waals surface area contributed by atoms with Gasteiger partial charge in [0.05, 0.1) is 16.8 Å². The molecule has 116 valence electrons. The Morgan fingerprint density at radius 1 is 1.38 bits per heavy atom. The zero-order valence-corrected chi connectivity index (χ0v) is 11.7. The normalized spacial score (nSPS) is 17.0. The molecule has 1 aliphatic rings. The first kappa shape index (κ1) is 15.6. The fourth-order valence-electron chi connectivity index (χ4n) is 2.51. The van der Waals surface area contributed by atoms with Crippen LogP contribution in [-0.2, 0) is 6.18 Å². The topological polar surface area (TPSA) is 67.2 Å². The molecule has 4 nitrogen and oxygen atoms in total. The molecule has 0 unspecified atom stereocenters. The van der Waals surface area contributed by atoms with Gasteiger partial charge in [-0.3, -0.25) is 10.6 Å². The molecule has 0 heterocycles. The molecule has 0 aromatic heterocycles. The smallest absolute Gasteiger partial charge is 0.347 e. The minimum absolute atomic E-state index is 0.0907. The van der Waals surface area contributed by atoms with E-state index >= 15 is 0 Å². The van der Waals surface area contributed by atoms with E-state index in [-0.39, 0.29) is 16.8 Å². The number of hydrogen-bond acceptors (Lipinski definition) is 3. The zero-order valence-electron chi connectivity index (χ0n) is 11.7. The van der Waals surface area contributed by atoms with Crippen molar-refractivity contribution in [2.75, 3.05) is 5.43 Å². The average molecular weight is 301 g/mol. The van der Waals surface area contributed by atoms with Gasteiger partial charge in [-0.25, -0.2) is 0 Å². The van der Waals surface area contributed by atoms with Crippen molar-refractivity contribution in [2.45, 2.75) is 44.3 Å². The number of hydrogen-bond donors (Lipinski definition) is 3. The minimum Gasteiger partial charge on any atom is -0.347 e. The minimum atomic E-state index is -4.50. The van der Waals surface area contributed by atoms with Gasteiger partial charge in [0.25, 0.3) is 5.91 Å². The standard InChI is InChI=1S/C14H18F3N3O/c1-2-13(6-3-7-13)19-12(21)10-8-9(14(15,16)17)4-5-11(10)20-18/h4-5,8,20H,2-3,6-7,18H2,1H3,(H,19,21). The molecule has 0 radical (unpaired) electrons. The van der Waals surface area contributed by atoms with Gasteiger partial charge in [0, 0.05) is 5.54 Å². The second-order valence-corrected chi connectivity index (χ2v) is 5.34. The number of nitrogens with two attached hydrogens (primary N) is 1. The second-order valence-electron chi connectivity index (χ2n) is 5.34. The third-order valence-electron chi connectivity index (χ3n) is 4.11. The Labute approximate surface area is 120 Å². The number of rotatable bonds is 4. The Balaban J connectivity index is 2.30. The van der Waals surface area contributed by atoms with Crippen molar-refractivity contribution in [1.29, 1.82) is 0 Å². The largest absolute Gasteiger partial charge is 0.416 e. The summed E-state index contributed by atoms with van der Waals surface area (Å²) in [6, 6.07) is 2.88. The van der Waals surface area contributed by atoms with Crippen molar-refractivity contribution < 1.29 is 18.0 Å². The Morgan fingerprint density at radius 3 is 2.48 bits per heavy atom. The number of carbonyl (C=O) groups excluding carboxylic acids is 1. The molecule has 1 aromatic carbocycles. The molecular weight excluding hydrogens is 283 g/mol. The first-order valence-corrected chi connectivity index (χ1v) is 6.82. The molecule has 0 spiro atoms. The summed E-state index contributed by atoms with van der Waals surface area (Å²) >= 11 is 0. The summed E-state index contributed by atoms with van der Waals surface area (Å²) in [4.78, 5) is 12.3. The second kappa shape index (κ2) is 5.55. The summed E-state index contributed by atoms with van der Waals surface area (Å²) in [7, 11) is 0. The molecule has 7 heteroatoms. The number of nitrogen functional groups attached to an aromatic ring is 1. The van der Waals surface area contributed by atoms with Crippen molar-refractivity contribution in [2.24, 2.45) is 5.84 Å². The summed E-state index contributed by atoms with van der Waals surface area (Å²) in [5, 5.41) is 2.85. The molecule has 0 saturated heterocycles. The number of benzene rings is 1. The third-order valence-corrected chi connectivity index (χ3v) is 4.11. The molecule has 4 N–H and O–H groups in total. The van der Waals surface area contributed by atoms with Crippen LogP contribution in [0.4, 0.5) is 18.9 Å². The molecule has 1 aliphatic carbocycles. The van der Waals surface area contributed by atoms with Crippen LogP contribution in [0.1, 0.15) is 48.5 Å². The van der Waals surface area contributed by atoms with Crippen molar-refractivity contribution in [3.8, 4) is 0 Å². The van der Waals surface area contributed by atoms with E-state index in [2.05, 4.69) is 10.7 Å². The van der Waals surface area contributed by atoms with E-state index in [4.69, 9.17) is 5.84 Å². The summed E-state index contributed by atoms with van der Waals surface area (Å²) in [5.74, 6) is 4.75. The van der Waals surface area contributed by atoms with E-state index in [1.54, 1.807) is 0 Å². The predicted molar refractivity (Wildman–Crippen MR) is 73.6 cm³/mol. The van der Waals surface area contributed by atoms with Gasteiger partial charge in [-0.2, -0.15) is 13.2 Å². The Morgan fingerprint density at radius 2 is 2.05 bits per heavy atom. The molecular formula is C14H18F3N3O. The SMILES string of the molecule is CCC1(NC(=O)c2cc(C(F)(F)F)ccc2NN)CCC1. The maximum atomic E-state index is 12.8. The van der Waals surface area contributed by atoms with E-state index in [9.17, 15) is 18.0 Å². The van der Waals surface area contributed by atoms with Crippen molar-refractivity contribution in [1.82, 2.24) is 5.32 Å². The number of carbonyl (C=O) groups is 1. The fourth-order valence-corrected chi connectivity index (χ4v) is 2.51. The molecule has 1 saturated carbocycles. The molecule has 1 amide bonds. The van der Waals surface area contributed by atoms with Crippen LogP contribution in [0.25, 0.3) is 0 Å². The van der Waals surface area contributed by atoms with E-state index in [0.29, 0.717) is 0 Å². The van der Waals surface area contributed by atoms with Crippen LogP contribution in [0.2, 0.25) is 0 Å². The van der Waals surface area contributed by atoms with Crippen LogP contribution >= 0.6 is 0 Å². The fraction of sp³-hybridized carbons (Fsp3) is 0.500. The van der Waals surface area contributed by atoms with Gasteiger partial charge >= 0.3 is 6.18 Å². The lowest BCUT2D eigenvalue weighted by atomic mass is 9.74. The van der Waals surface area contributed by atoms with Crippen LogP contribution < -0.4 is 16.6 Å². The number of anilines is 1. The quantitative estimate of drug-likeness (QED) is 0.591. The zero-order chi connectivity index (χ0) is 15.7. The first-order chi connectivity index (χ1) is 9.81. The molecule has 1 aromatic rings. The van der Waals surface area contributed by atoms with E-state index in [1.807, 2.05) is 6.92 Å². The predicted octanol–water partition coefficient (Wildman–Crippen LogP) is 3.05. The summed E-state index contributed by atoms with van der Waals surface area (Å²) in [6.07, 6.45) is -1.04. The number of hydrazine groups is 1. The van der Waals surface area contributed by atoms with Crippen LogP contribution in [0, 0.1) is 0 Å². The molecule has 0 atom stereocenters. The average Bonchev–Trinajstić information content (AvgIpc) is 2.40. The lowest BCUT2D eigenvalue weighted by molar-refractivity contribution is -0.137. The number of alkyl halides is 3. The van der Waals surface area contributed by atoms with Crippen LogP contribution in [0.5, 0.6) is 0 Å². The number of amides is 1. The maximum absolute atomic E-state index is 12.8. The Kier molecular flexibility index (Phi) is 4.13. The number of halogens is 3.